The molecule has 5 nitrogen and oxygen atoms in total. The van der Waals surface area contributed by atoms with Crippen molar-refractivity contribution in [2.24, 2.45) is 5.73 Å². The first-order valence-electron chi connectivity index (χ1n) is 7.13. The Morgan fingerprint density at radius 3 is 3.05 bits per heavy atom. The van der Waals surface area contributed by atoms with Crippen LogP contribution in [0, 0.1) is 0 Å². The molecule has 0 radical (unpaired) electrons. The number of nitrogens with two attached hydrogens (primary N) is 1. The molecular formula is C15H17N5S. The zero-order chi connectivity index (χ0) is 14.2. The number of benzene rings is 1. The van der Waals surface area contributed by atoms with Crippen molar-refractivity contribution in [3.8, 4) is 0 Å². The molecule has 3 aromatic rings. The third kappa shape index (κ3) is 2.25. The number of nitrogens with zero attached hydrogens (tertiary/aromatic N) is 4. The number of thiophene rings is 1. The molecule has 4 rings (SSSR count). The van der Waals surface area contributed by atoms with Crippen LogP contribution in [0.4, 0.5) is 0 Å². The van der Waals surface area contributed by atoms with Gasteiger partial charge in [-0.25, -0.2) is 0 Å². The molecule has 2 aromatic heterocycles. The van der Waals surface area contributed by atoms with Crippen LogP contribution >= 0.6 is 11.3 Å². The minimum atomic E-state index is 0.610. The molecule has 0 aliphatic carbocycles. The first-order chi connectivity index (χ1) is 10.3. The van der Waals surface area contributed by atoms with E-state index in [1.54, 1.807) is 0 Å². The molecule has 0 saturated heterocycles. The van der Waals surface area contributed by atoms with Gasteiger partial charge in [0.05, 0.1) is 6.54 Å². The topological polar surface area (TPSA) is 60.0 Å². The third-order valence-electron chi connectivity index (χ3n) is 4.07. The van der Waals surface area contributed by atoms with E-state index in [1.807, 2.05) is 17.7 Å². The third-order valence-corrected chi connectivity index (χ3v) is 5.30. The molecule has 2 N–H and O–H groups in total. The van der Waals surface area contributed by atoms with Gasteiger partial charge < -0.3 is 10.3 Å². The lowest BCUT2D eigenvalue weighted by atomic mass is 10.1. The Kier molecular flexibility index (Phi) is 3.21. The molecule has 21 heavy (non-hydrogen) atoms. The quantitative estimate of drug-likeness (QED) is 0.803. The SMILES string of the molecule is NCc1sc2ccccc2c1CN1CCn2cnnc2C1. The summed E-state index contributed by atoms with van der Waals surface area (Å²) in [5.41, 5.74) is 7.33. The van der Waals surface area contributed by atoms with Crippen molar-refractivity contribution in [3.63, 3.8) is 0 Å². The molecule has 0 fully saturated rings. The highest BCUT2D eigenvalue weighted by Gasteiger charge is 2.20. The van der Waals surface area contributed by atoms with Crippen LogP contribution < -0.4 is 5.73 Å². The smallest absolute Gasteiger partial charge is 0.147 e. The maximum Gasteiger partial charge on any atom is 0.147 e. The van der Waals surface area contributed by atoms with Crippen molar-refractivity contribution in [2.45, 2.75) is 26.2 Å². The fraction of sp³-hybridized carbons (Fsp3) is 0.333. The van der Waals surface area contributed by atoms with Crippen LogP contribution in [0.2, 0.25) is 0 Å². The lowest BCUT2D eigenvalue weighted by molar-refractivity contribution is 0.209. The molecule has 1 aromatic carbocycles. The van der Waals surface area contributed by atoms with Crippen molar-refractivity contribution in [1.82, 2.24) is 19.7 Å². The highest BCUT2D eigenvalue weighted by Crippen LogP contribution is 2.32. The summed E-state index contributed by atoms with van der Waals surface area (Å²) in [6, 6.07) is 8.57. The average Bonchev–Trinajstić information content (AvgIpc) is 3.11. The van der Waals surface area contributed by atoms with Gasteiger partial charge in [-0.15, -0.1) is 21.5 Å². The van der Waals surface area contributed by atoms with Crippen molar-refractivity contribution >= 4 is 21.4 Å². The summed E-state index contributed by atoms with van der Waals surface area (Å²) in [5.74, 6) is 1.05. The fourth-order valence-electron chi connectivity index (χ4n) is 2.96. The van der Waals surface area contributed by atoms with Crippen LogP contribution in [0.1, 0.15) is 16.3 Å². The first-order valence-corrected chi connectivity index (χ1v) is 7.95. The Balaban J connectivity index is 1.65. The molecule has 1 aliphatic heterocycles. The molecule has 3 heterocycles. The minimum Gasteiger partial charge on any atom is -0.326 e. The second-order valence-corrected chi connectivity index (χ2v) is 6.49. The fourth-order valence-corrected chi connectivity index (χ4v) is 4.06. The molecule has 6 heteroatoms. The highest BCUT2D eigenvalue weighted by molar-refractivity contribution is 7.19. The largest absolute Gasteiger partial charge is 0.326 e. The molecule has 0 atom stereocenters. The molecule has 108 valence electrons. The van der Waals surface area contributed by atoms with Gasteiger partial charge in [0, 0.05) is 35.8 Å². The number of hydrogen-bond donors (Lipinski definition) is 1. The van der Waals surface area contributed by atoms with E-state index >= 15 is 0 Å². The monoisotopic (exact) mass is 299 g/mol. The number of hydrogen-bond acceptors (Lipinski definition) is 5. The minimum absolute atomic E-state index is 0.610. The predicted octanol–water partition coefficient (Wildman–Crippen LogP) is 1.97. The van der Waals surface area contributed by atoms with E-state index in [0.717, 1.165) is 32.0 Å². The Morgan fingerprint density at radius 1 is 1.24 bits per heavy atom. The van der Waals surface area contributed by atoms with Gasteiger partial charge in [0.1, 0.15) is 12.2 Å². The van der Waals surface area contributed by atoms with E-state index in [4.69, 9.17) is 5.73 Å². The highest BCUT2D eigenvalue weighted by atomic mass is 32.1. The first kappa shape index (κ1) is 12.9. The van der Waals surface area contributed by atoms with Crippen LogP contribution in [-0.4, -0.2) is 26.2 Å². The Bertz CT molecular complexity index is 775. The van der Waals surface area contributed by atoms with Gasteiger partial charge in [-0.05, 0) is 17.0 Å². The van der Waals surface area contributed by atoms with Crippen LogP contribution in [-0.2, 0) is 26.2 Å². The summed E-state index contributed by atoms with van der Waals surface area (Å²) in [6.45, 7) is 4.39. The molecular weight excluding hydrogens is 282 g/mol. The summed E-state index contributed by atoms with van der Waals surface area (Å²) < 4.78 is 3.46. The Morgan fingerprint density at radius 2 is 2.14 bits per heavy atom. The van der Waals surface area contributed by atoms with E-state index in [2.05, 4.69) is 43.9 Å². The van der Waals surface area contributed by atoms with Crippen molar-refractivity contribution in [3.05, 3.63) is 46.9 Å². The second kappa shape index (κ2) is 5.22. The van der Waals surface area contributed by atoms with Crippen molar-refractivity contribution in [1.29, 1.82) is 0 Å². The molecule has 1 aliphatic rings. The normalized spacial score (nSPS) is 15.5. The summed E-state index contributed by atoms with van der Waals surface area (Å²) in [7, 11) is 0. The average molecular weight is 299 g/mol. The predicted molar refractivity (Wildman–Crippen MR) is 83.9 cm³/mol. The second-order valence-electron chi connectivity index (χ2n) is 5.36. The van der Waals surface area contributed by atoms with E-state index in [1.165, 1.54) is 20.5 Å². The standard InChI is InChI=1S/C15H17N5S/c16-7-14-12(11-3-1-2-4-13(11)21-14)8-19-5-6-20-10-17-18-15(20)9-19/h1-4,10H,5-9,16H2. The zero-order valence-corrected chi connectivity index (χ0v) is 12.5. The Hall–Kier alpha value is -1.76. The van der Waals surface area contributed by atoms with Gasteiger partial charge in [-0.3, -0.25) is 4.90 Å². The lowest BCUT2D eigenvalue weighted by Gasteiger charge is -2.27. The summed E-state index contributed by atoms with van der Waals surface area (Å²) >= 11 is 1.81. The van der Waals surface area contributed by atoms with Crippen LogP contribution in [0.15, 0.2) is 30.6 Å². The van der Waals surface area contributed by atoms with Crippen LogP contribution in [0.25, 0.3) is 10.1 Å². The van der Waals surface area contributed by atoms with Gasteiger partial charge in [0.25, 0.3) is 0 Å². The van der Waals surface area contributed by atoms with Gasteiger partial charge in [0.15, 0.2) is 0 Å². The number of fused-ring (bicyclic) bond motifs is 2. The molecule has 0 saturated carbocycles. The maximum atomic E-state index is 5.95. The Labute approximate surface area is 127 Å². The number of rotatable bonds is 3. The van der Waals surface area contributed by atoms with E-state index < -0.39 is 0 Å². The van der Waals surface area contributed by atoms with Gasteiger partial charge >= 0.3 is 0 Å². The van der Waals surface area contributed by atoms with E-state index in [-0.39, 0.29) is 0 Å². The summed E-state index contributed by atoms with van der Waals surface area (Å²) in [6.07, 6.45) is 1.82. The van der Waals surface area contributed by atoms with Crippen molar-refractivity contribution < 1.29 is 0 Å². The van der Waals surface area contributed by atoms with Gasteiger partial charge in [-0.1, -0.05) is 18.2 Å². The van der Waals surface area contributed by atoms with E-state index in [9.17, 15) is 0 Å². The zero-order valence-electron chi connectivity index (χ0n) is 11.7. The van der Waals surface area contributed by atoms with E-state index in [0.29, 0.717) is 6.54 Å². The van der Waals surface area contributed by atoms with Crippen LogP contribution in [0.5, 0.6) is 0 Å². The van der Waals surface area contributed by atoms with Gasteiger partial charge in [0.2, 0.25) is 0 Å². The van der Waals surface area contributed by atoms with Gasteiger partial charge in [-0.2, -0.15) is 0 Å². The maximum absolute atomic E-state index is 5.95. The van der Waals surface area contributed by atoms with Crippen molar-refractivity contribution in [2.75, 3.05) is 6.54 Å². The number of aromatic nitrogens is 3. The molecule has 0 amide bonds. The van der Waals surface area contributed by atoms with Crippen LogP contribution in [0.3, 0.4) is 0 Å². The molecule has 0 spiro atoms. The molecule has 0 unspecified atom stereocenters. The summed E-state index contributed by atoms with van der Waals surface area (Å²) in [5, 5.41) is 9.52. The summed E-state index contributed by atoms with van der Waals surface area (Å²) in [4.78, 5) is 3.72. The molecule has 0 bridgehead atoms. The lowest BCUT2D eigenvalue weighted by Crippen LogP contribution is -2.33.